The smallest absolute Gasteiger partial charge is 0.230 e. The molecule has 0 fully saturated rings. The Hall–Kier alpha value is -2.53. The van der Waals surface area contributed by atoms with Crippen LogP contribution in [-0.2, 0) is 17.8 Å². The Morgan fingerprint density at radius 1 is 1.04 bits per heavy atom. The van der Waals surface area contributed by atoms with Gasteiger partial charge in [0.2, 0.25) is 5.91 Å². The number of carbonyl (C=O) groups is 1. The number of hydrogen-bond acceptors (Lipinski definition) is 3. The second-order valence-corrected chi connectivity index (χ2v) is 6.71. The van der Waals surface area contributed by atoms with Gasteiger partial charge in [-0.05, 0) is 17.7 Å². The third-order valence-corrected chi connectivity index (χ3v) is 4.79. The zero-order chi connectivity index (χ0) is 17.3. The quantitative estimate of drug-likeness (QED) is 0.633. The van der Waals surface area contributed by atoms with Gasteiger partial charge in [0.1, 0.15) is 5.82 Å². The molecule has 128 valence electrons. The van der Waals surface area contributed by atoms with Crippen LogP contribution in [0, 0.1) is 0 Å². The van der Waals surface area contributed by atoms with E-state index in [1.54, 1.807) is 11.8 Å². The number of nitrogens with one attached hydrogen (secondary N) is 1. The van der Waals surface area contributed by atoms with Gasteiger partial charge in [0.05, 0.1) is 5.75 Å². The topological polar surface area (TPSA) is 46.9 Å². The van der Waals surface area contributed by atoms with Gasteiger partial charge in [-0.25, -0.2) is 4.98 Å². The molecule has 1 amide bonds. The summed E-state index contributed by atoms with van der Waals surface area (Å²) < 4.78 is 2.13. The van der Waals surface area contributed by atoms with Crippen LogP contribution in [0.25, 0.3) is 0 Å². The molecule has 3 aromatic rings. The summed E-state index contributed by atoms with van der Waals surface area (Å²) >= 11 is 1.55. The highest BCUT2D eigenvalue weighted by atomic mass is 32.2. The van der Waals surface area contributed by atoms with Gasteiger partial charge in [0, 0.05) is 36.8 Å². The summed E-state index contributed by atoms with van der Waals surface area (Å²) in [5.74, 6) is 1.47. The molecule has 0 spiro atoms. The molecule has 0 saturated carbocycles. The Balaban J connectivity index is 1.43. The zero-order valence-corrected chi connectivity index (χ0v) is 14.8. The van der Waals surface area contributed by atoms with Gasteiger partial charge in [-0.1, -0.05) is 48.5 Å². The molecule has 0 radical (unpaired) electrons. The van der Waals surface area contributed by atoms with Crippen LogP contribution in [-0.4, -0.2) is 27.8 Å². The minimum Gasteiger partial charge on any atom is -0.355 e. The second-order valence-electron chi connectivity index (χ2n) is 5.66. The summed E-state index contributed by atoms with van der Waals surface area (Å²) in [6, 6.07) is 20.3. The number of hydrogen-bond donors (Lipinski definition) is 1. The molecule has 3 rings (SSSR count). The standard InChI is InChI=1S/C20H21N3OS/c24-20(16-25-18-9-5-2-6-10-18)22-12-11-19-21-13-14-23(19)15-17-7-3-1-4-8-17/h1-10,13-14H,11-12,15-16H2,(H,22,24). The molecular weight excluding hydrogens is 330 g/mol. The Bertz CT molecular complexity index is 787. The van der Waals surface area contributed by atoms with Crippen LogP contribution in [0.1, 0.15) is 11.4 Å². The first kappa shape index (κ1) is 17.3. The van der Waals surface area contributed by atoms with Crippen molar-refractivity contribution in [2.45, 2.75) is 17.9 Å². The first-order chi connectivity index (χ1) is 12.3. The summed E-state index contributed by atoms with van der Waals surface area (Å²) in [5.41, 5.74) is 1.24. The third kappa shape index (κ3) is 5.50. The predicted octanol–water partition coefficient (Wildman–Crippen LogP) is 3.38. The van der Waals surface area contributed by atoms with Gasteiger partial charge < -0.3 is 9.88 Å². The number of benzene rings is 2. The highest BCUT2D eigenvalue weighted by Gasteiger charge is 2.06. The van der Waals surface area contributed by atoms with E-state index >= 15 is 0 Å². The van der Waals surface area contributed by atoms with Crippen molar-refractivity contribution in [1.29, 1.82) is 0 Å². The van der Waals surface area contributed by atoms with E-state index in [9.17, 15) is 4.79 Å². The molecule has 0 unspecified atom stereocenters. The molecule has 0 aliphatic heterocycles. The number of amides is 1. The van der Waals surface area contributed by atoms with Crippen LogP contribution in [0.3, 0.4) is 0 Å². The second kappa shape index (κ2) is 9.08. The molecule has 0 saturated heterocycles. The predicted molar refractivity (Wildman–Crippen MR) is 102 cm³/mol. The number of imidazole rings is 1. The fraction of sp³-hybridized carbons (Fsp3) is 0.200. The monoisotopic (exact) mass is 351 g/mol. The largest absolute Gasteiger partial charge is 0.355 e. The molecule has 4 nitrogen and oxygen atoms in total. The molecule has 0 bridgehead atoms. The molecule has 1 heterocycles. The lowest BCUT2D eigenvalue weighted by Crippen LogP contribution is -2.28. The maximum Gasteiger partial charge on any atom is 0.230 e. The van der Waals surface area contributed by atoms with Crippen LogP contribution in [0.5, 0.6) is 0 Å². The van der Waals surface area contributed by atoms with E-state index in [1.165, 1.54) is 5.56 Å². The van der Waals surface area contributed by atoms with Crippen molar-refractivity contribution < 1.29 is 4.79 Å². The summed E-state index contributed by atoms with van der Waals surface area (Å²) in [6.07, 6.45) is 4.52. The third-order valence-electron chi connectivity index (χ3n) is 3.78. The summed E-state index contributed by atoms with van der Waals surface area (Å²) in [4.78, 5) is 17.5. The minimum atomic E-state index is 0.0509. The lowest BCUT2D eigenvalue weighted by Gasteiger charge is -2.09. The minimum absolute atomic E-state index is 0.0509. The lowest BCUT2D eigenvalue weighted by molar-refractivity contribution is -0.118. The van der Waals surface area contributed by atoms with Crippen molar-refractivity contribution in [3.05, 3.63) is 84.4 Å². The Kier molecular flexibility index (Phi) is 6.29. The summed E-state index contributed by atoms with van der Waals surface area (Å²) in [7, 11) is 0. The van der Waals surface area contributed by atoms with Crippen molar-refractivity contribution in [3.63, 3.8) is 0 Å². The first-order valence-corrected chi connectivity index (χ1v) is 9.28. The van der Waals surface area contributed by atoms with Gasteiger partial charge >= 0.3 is 0 Å². The average Bonchev–Trinajstić information content (AvgIpc) is 3.09. The highest BCUT2D eigenvalue weighted by Crippen LogP contribution is 2.16. The molecule has 1 aromatic heterocycles. The molecule has 0 atom stereocenters. The molecule has 5 heteroatoms. The molecule has 25 heavy (non-hydrogen) atoms. The fourth-order valence-corrected chi connectivity index (χ4v) is 3.27. The van der Waals surface area contributed by atoms with Crippen molar-refractivity contribution >= 4 is 17.7 Å². The number of carbonyl (C=O) groups excluding carboxylic acids is 1. The van der Waals surface area contributed by atoms with Gasteiger partial charge in [-0.15, -0.1) is 11.8 Å². The highest BCUT2D eigenvalue weighted by molar-refractivity contribution is 8.00. The summed E-state index contributed by atoms with van der Waals surface area (Å²) in [6.45, 7) is 1.40. The van der Waals surface area contributed by atoms with Gasteiger partial charge in [-0.3, -0.25) is 4.79 Å². The Morgan fingerprint density at radius 3 is 2.52 bits per heavy atom. The average molecular weight is 351 g/mol. The van der Waals surface area contributed by atoms with Gasteiger partial charge in [0.25, 0.3) is 0 Å². The number of nitrogens with zero attached hydrogens (tertiary/aromatic N) is 2. The van der Waals surface area contributed by atoms with Crippen molar-refractivity contribution in [1.82, 2.24) is 14.9 Å². The molecule has 0 aliphatic rings. The molecular formula is C20H21N3OS. The van der Waals surface area contributed by atoms with E-state index in [-0.39, 0.29) is 5.91 Å². The van der Waals surface area contributed by atoms with E-state index in [0.717, 1.165) is 23.7 Å². The zero-order valence-electron chi connectivity index (χ0n) is 14.0. The maximum absolute atomic E-state index is 12.0. The number of thioether (sulfide) groups is 1. The van der Waals surface area contributed by atoms with Crippen LogP contribution in [0.2, 0.25) is 0 Å². The Labute approximate surface area is 152 Å². The van der Waals surface area contributed by atoms with E-state index in [2.05, 4.69) is 27.0 Å². The lowest BCUT2D eigenvalue weighted by atomic mass is 10.2. The van der Waals surface area contributed by atoms with E-state index in [0.29, 0.717) is 12.3 Å². The van der Waals surface area contributed by atoms with E-state index < -0.39 is 0 Å². The molecule has 1 N–H and O–H groups in total. The normalized spacial score (nSPS) is 10.6. The van der Waals surface area contributed by atoms with Crippen molar-refractivity contribution in [2.24, 2.45) is 0 Å². The van der Waals surface area contributed by atoms with Crippen LogP contribution in [0.4, 0.5) is 0 Å². The fourth-order valence-electron chi connectivity index (χ4n) is 2.52. The SMILES string of the molecule is O=C(CSc1ccccc1)NCCc1nccn1Cc1ccccc1. The van der Waals surface area contributed by atoms with Crippen molar-refractivity contribution in [2.75, 3.05) is 12.3 Å². The number of aromatic nitrogens is 2. The summed E-state index contributed by atoms with van der Waals surface area (Å²) in [5, 5.41) is 2.97. The van der Waals surface area contributed by atoms with E-state index in [1.807, 2.05) is 60.9 Å². The number of rotatable bonds is 8. The first-order valence-electron chi connectivity index (χ1n) is 8.30. The van der Waals surface area contributed by atoms with Gasteiger partial charge in [-0.2, -0.15) is 0 Å². The van der Waals surface area contributed by atoms with Gasteiger partial charge in [0.15, 0.2) is 0 Å². The van der Waals surface area contributed by atoms with Crippen LogP contribution >= 0.6 is 11.8 Å². The molecule has 0 aliphatic carbocycles. The maximum atomic E-state index is 12.0. The van der Waals surface area contributed by atoms with Crippen molar-refractivity contribution in [3.8, 4) is 0 Å². The van der Waals surface area contributed by atoms with Crippen LogP contribution < -0.4 is 5.32 Å². The molecule has 2 aromatic carbocycles. The van der Waals surface area contributed by atoms with E-state index in [4.69, 9.17) is 0 Å². The van der Waals surface area contributed by atoms with Crippen LogP contribution in [0.15, 0.2) is 78.0 Å². The Morgan fingerprint density at radius 2 is 1.76 bits per heavy atom.